The number of halogens is 3. The van der Waals surface area contributed by atoms with Crippen LogP contribution in [-0.4, -0.2) is 20.7 Å². The summed E-state index contributed by atoms with van der Waals surface area (Å²) in [6.07, 6.45) is -5.57. The molecule has 0 saturated carbocycles. The monoisotopic (exact) mass is 997 g/mol. The zero-order valence-corrected chi connectivity index (χ0v) is 37.1. The molecule has 0 aliphatic rings. The standard InChI is InChI=1S/C32H31N2.C22H19F3N.Ir/c1-21(2)26-14-11-15-27(22(3)4)31(26)34-30-17-10-9-16-29(30)33-32(34)25-19-18-23(5)28(20-25)24-12-7-6-8-13-24;1-21(2,22(23,24)25)15-16-8-10-17(11-9-16)19-12-13-26-20(14-19)18-6-4-3-5-7-18;/h6-18,20-22H,1-5H3;3-6,8-14H,15H2,1-2H3;/q2*-1;/i5D3,21D,22D;15D2;. The van der Waals surface area contributed by atoms with Gasteiger partial charge in [-0.2, -0.15) is 13.2 Å². The SMILES string of the molecule is [2H]C([2H])([2H])c1c[c-]c(-c2nc3ccccc3n2-c2c(C([2H])(C)C)cccc2C([2H])(C)C)cc1-c1ccccc1.[2H]C([2H])(c1ccc(-c2ccnc(-c3[c-]cccc3)c2)cc1)C(C)(C)C(F)(F)F.[Ir]. The number of nitrogens with zero attached hydrogens (tertiary/aromatic N) is 3. The van der Waals surface area contributed by atoms with E-state index in [2.05, 4.69) is 17.1 Å². The van der Waals surface area contributed by atoms with Crippen molar-refractivity contribution in [2.75, 3.05) is 0 Å². The fourth-order valence-corrected chi connectivity index (χ4v) is 6.99. The van der Waals surface area contributed by atoms with E-state index in [4.69, 9.17) is 14.6 Å². The van der Waals surface area contributed by atoms with Crippen molar-refractivity contribution in [3.63, 3.8) is 0 Å². The molecule has 8 rings (SSSR count). The van der Waals surface area contributed by atoms with Gasteiger partial charge in [0.25, 0.3) is 0 Å². The number of benzene rings is 6. The number of rotatable bonds is 9. The van der Waals surface area contributed by atoms with E-state index in [-0.39, 0.29) is 31.2 Å². The minimum Gasteiger partial charge on any atom is -0.333 e. The molecule has 2 aromatic heterocycles. The van der Waals surface area contributed by atoms with Crippen molar-refractivity contribution in [3.8, 4) is 50.6 Å². The van der Waals surface area contributed by atoms with Crippen LogP contribution in [0.1, 0.15) is 85.2 Å². The maximum Gasteiger partial charge on any atom is 0.394 e. The Morgan fingerprint density at radius 2 is 1.39 bits per heavy atom. The number of hydrogen-bond donors (Lipinski definition) is 0. The van der Waals surface area contributed by atoms with Gasteiger partial charge in [-0.05, 0) is 75.4 Å². The summed E-state index contributed by atoms with van der Waals surface area (Å²) in [5.41, 5.74) is 6.77. The van der Waals surface area contributed by atoms with Crippen LogP contribution in [0.15, 0.2) is 152 Å². The van der Waals surface area contributed by atoms with Gasteiger partial charge in [0.05, 0.1) is 22.3 Å². The molecule has 0 unspecified atom stereocenters. The van der Waals surface area contributed by atoms with Crippen LogP contribution in [0, 0.1) is 24.4 Å². The van der Waals surface area contributed by atoms with Gasteiger partial charge in [-0.3, -0.25) is 4.98 Å². The summed E-state index contributed by atoms with van der Waals surface area (Å²) in [7, 11) is 0. The molecule has 61 heavy (non-hydrogen) atoms. The molecule has 313 valence electrons. The summed E-state index contributed by atoms with van der Waals surface area (Å²) in [4.78, 5) is 9.34. The van der Waals surface area contributed by atoms with E-state index >= 15 is 0 Å². The van der Waals surface area contributed by atoms with Gasteiger partial charge < -0.3 is 9.55 Å². The van der Waals surface area contributed by atoms with Crippen LogP contribution in [0.25, 0.3) is 61.6 Å². The first kappa shape index (κ1) is 36.1. The van der Waals surface area contributed by atoms with E-state index in [1.165, 1.54) is 12.1 Å². The zero-order valence-electron chi connectivity index (χ0n) is 41.7. The van der Waals surface area contributed by atoms with Gasteiger partial charge in [-0.25, -0.2) is 0 Å². The predicted octanol–water partition coefficient (Wildman–Crippen LogP) is 15.1. The maximum absolute atomic E-state index is 13.3. The Bertz CT molecular complexity index is 2980. The second-order valence-electron chi connectivity index (χ2n) is 15.5. The van der Waals surface area contributed by atoms with Gasteiger partial charge >= 0.3 is 6.18 Å². The molecule has 0 atom stereocenters. The Kier molecular flexibility index (Phi) is 11.2. The number of fused-ring (bicyclic) bond motifs is 1. The molecule has 0 aliphatic carbocycles. The average Bonchev–Trinajstić information content (AvgIpc) is 3.68. The molecule has 0 fully saturated rings. The third kappa shape index (κ3) is 9.96. The predicted molar refractivity (Wildman–Crippen MR) is 241 cm³/mol. The van der Waals surface area contributed by atoms with Crippen molar-refractivity contribution in [2.45, 2.75) is 72.7 Å². The van der Waals surface area contributed by atoms with Crippen LogP contribution in [0.4, 0.5) is 13.2 Å². The molecule has 0 N–H and O–H groups in total. The van der Waals surface area contributed by atoms with Crippen LogP contribution in [0.3, 0.4) is 0 Å². The number of imidazole rings is 1. The Labute approximate surface area is 382 Å². The van der Waals surface area contributed by atoms with Gasteiger partial charge in [-0.1, -0.05) is 145 Å². The summed E-state index contributed by atoms with van der Waals surface area (Å²) >= 11 is 0. The quantitative estimate of drug-likeness (QED) is 0.135. The van der Waals surface area contributed by atoms with E-state index in [0.29, 0.717) is 17.0 Å². The normalized spacial score (nSPS) is 14.1. The molecular formula is C54H50F3IrN3-2. The number of hydrogen-bond acceptors (Lipinski definition) is 2. The van der Waals surface area contributed by atoms with Crippen molar-refractivity contribution in [2.24, 2.45) is 5.41 Å². The molecule has 1 radical (unpaired) electrons. The Balaban J connectivity index is 0.000000233. The van der Waals surface area contributed by atoms with Crippen molar-refractivity contribution in [1.82, 2.24) is 14.5 Å². The summed E-state index contributed by atoms with van der Waals surface area (Å²) < 4.78 is 101. The minimum atomic E-state index is -4.67. The first-order valence-corrected chi connectivity index (χ1v) is 19.7. The number of alkyl halides is 3. The van der Waals surface area contributed by atoms with Gasteiger partial charge in [-0.15, -0.1) is 65.2 Å². The van der Waals surface area contributed by atoms with E-state index in [0.717, 1.165) is 69.6 Å². The van der Waals surface area contributed by atoms with Crippen molar-refractivity contribution < 1.29 is 42.9 Å². The van der Waals surface area contributed by atoms with Crippen LogP contribution in [0.5, 0.6) is 0 Å². The van der Waals surface area contributed by atoms with E-state index < -0.39 is 36.6 Å². The number of para-hydroxylation sites is 3. The molecule has 7 heteroatoms. The molecule has 0 amide bonds. The smallest absolute Gasteiger partial charge is 0.333 e. The van der Waals surface area contributed by atoms with Gasteiger partial charge in [0.15, 0.2) is 0 Å². The topological polar surface area (TPSA) is 30.7 Å². The summed E-state index contributed by atoms with van der Waals surface area (Å²) in [6, 6.07) is 50.0. The molecule has 0 aliphatic heterocycles. The second-order valence-corrected chi connectivity index (χ2v) is 15.5. The second kappa shape index (κ2) is 19.0. The fraction of sp³-hybridized carbons (Fsp3) is 0.222. The number of pyridine rings is 1. The van der Waals surface area contributed by atoms with Crippen molar-refractivity contribution >= 4 is 11.0 Å². The third-order valence-electron chi connectivity index (χ3n) is 10.3. The Morgan fingerprint density at radius 1 is 0.721 bits per heavy atom. The van der Waals surface area contributed by atoms with E-state index in [1.54, 1.807) is 36.5 Å². The van der Waals surface area contributed by atoms with E-state index in [9.17, 15) is 13.2 Å². The van der Waals surface area contributed by atoms with Crippen LogP contribution < -0.4 is 0 Å². The number of aromatic nitrogens is 3. The number of aryl methyl sites for hydroxylation is 1. The molecule has 6 aromatic carbocycles. The molecule has 3 nitrogen and oxygen atoms in total. The molecule has 0 saturated heterocycles. The molecular weight excluding hydrogens is 940 g/mol. The molecule has 0 spiro atoms. The summed E-state index contributed by atoms with van der Waals surface area (Å²) in [5.74, 6) is -1.33. The molecule has 0 bridgehead atoms. The average molecular weight is 997 g/mol. The molecule has 8 aromatic rings. The fourth-order valence-electron chi connectivity index (χ4n) is 6.99. The van der Waals surface area contributed by atoms with Crippen LogP contribution in [-0.2, 0) is 26.5 Å². The molecule has 2 heterocycles. The summed E-state index contributed by atoms with van der Waals surface area (Å²) in [5, 5.41) is 0. The third-order valence-corrected chi connectivity index (χ3v) is 10.3. The van der Waals surface area contributed by atoms with Crippen LogP contribution >= 0.6 is 0 Å². The van der Waals surface area contributed by atoms with Gasteiger partial charge in [0.1, 0.15) is 0 Å². The zero-order chi connectivity index (χ0) is 48.7. The largest absolute Gasteiger partial charge is 0.394 e. The minimum absolute atomic E-state index is 0. The summed E-state index contributed by atoms with van der Waals surface area (Å²) in [6.45, 7) is 6.82. The van der Waals surface area contributed by atoms with Crippen molar-refractivity contribution in [3.05, 3.63) is 186 Å². The van der Waals surface area contributed by atoms with Gasteiger partial charge in [0.2, 0.25) is 0 Å². The van der Waals surface area contributed by atoms with Gasteiger partial charge in [0, 0.05) is 41.6 Å². The first-order chi connectivity index (χ1) is 31.3. The first-order valence-electron chi connectivity index (χ1n) is 23.2. The Hall–Kier alpha value is -5.62. The van der Waals surface area contributed by atoms with Crippen LogP contribution in [0.2, 0.25) is 0 Å². The van der Waals surface area contributed by atoms with E-state index in [1.807, 2.05) is 135 Å². The Morgan fingerprint density at radius 3 is 2.03 bits per heavy atom. The van der Waals surface area contributed by atoms with Crippen molar-refractivity contribution in [1.29, 1.82) is 0 Å². The maximum atomic E-state index is 13.3.